The van der Waals surface area contributed by atoms with Crippen LogP contribution in [-0.2, 0) is 0 Å². The van der Waals surface area contributed by atoms with Crippen LogP contribution in [0.2, 0.25) is 5.02 Å². The lowest BCUT2D eigenvalue weighted by atomic mass is 9.86. The molecule has 0 bridgehead atoms. The van der Waals surface area contributed by atoms with E-state index >= 15 is 0 Å². The third-order valence-corrected chi connectivity index (χ3v) is 7.29. The molecule has 3 aromatic rings. The molecule has 2 aliphatic rings. The molecule has 1 fully saturated rings. The van der Waals surface area contributed by atoms with Gasteiger partial charge >= 0.3 is 0 Å². The van der Waals surface area contributed by atoms with Crippen molar-refractivity contribution >= 4 is 22.7 Å². The minimum atomic E-state index is -0.448. The Morgan fingerprint density at radius 2 is 1.89 bits per heavy atom. The number of halogens is 2. The molecule has 5 rings (SSSR count). The molecule has 2 N–H and O–H groups in total. The quantitative estimate of drug-likeness (QED) is 0.381. The van der Waals surface area contributed by atoms with Gasteiger partial charge in [-0.1, -0.05) is 29.8 Å². The lowest BCUT2D eigenvalue weighted by Gasteiger charge is -2.31. The molecular formula is C29H29ClFNO4. The van der Waals surface area contributed by atoms with Gasteiger partial charge < -0.3 is 19.7 Å². The lowest BCUT2D eigenvalue weighted by molar-refractivity contribution is 0.228. The van der Waals surface area contributed by atoms with Gasteiger partial charge in [-0.3, -0.25) is 9.29 Å². The molecule has 0 amide bonds. The summed E-state index contributed by atoms with van der Waals surface area (Å²) in [6, 6.07) is 18.0. The number of aromatic hydroxyl groups is 2. The average Bonchev–Trinajstić information content (AvgIpc) is 3.34. The van der Waals surface area contributed by atoms with Crippen molar-refractivity contribution in [1.29, 1.82) is 0 Å². The summed E-state index contributed by atoms with van der Waals surface area (Å²) in [6.45, 7) is 4.80. The van der Waals surface area contributed by atoms with E-state index in [2.05, 4.69) is 4.90 Å². The Kier molecular flexibility index (Phi) is 7.08. The molecule has 0 radical (unpaired) electrons. The number of hydrogen-bond donors (Lipinski definition) is 2. The van der Waals surface area contributed by atoms with Crippen LogP contribution in [0.25, 0.3) is 11.1 Å². The second-order valence-electron chi connectivity index (χ2n) is 9.41. The third-order valence-electron chi connectivity index (χ3n) is 6.99. The summed E-state index contributed by atoms with van der Waals surface area (Å²) in [6.07, 6.45) is 0.464. The smallest absolute Gasteiger partial charge is 0.150 e. The zero-order valence-electron chi connectivity index (χ0n) is 20.1. The van der Waals surface area contributed by atoms with Gasteiger partial charge in [-0.15, -0.1) is 0 Å². The molecule has 188 valence electrons. The largest absolute Gasteiger partial charge is 0.508 e. The van der Waals surface area contributed by atoms with E-state index in [-0.39, 0.29) is 29.1 Å². The van der Waals surface area contributed by atoms with Gasteiger partial charge in [0, 0.05) is 36.2 Å². The molecule has 0 aromatic heterocycles. The number of likely N-dealkylation sites (tertiary alicyclic amines) is 1. The Morgan fingerprint density at radius 1 is 1.08 bits per heavy atom. The number of phenolic OH excluding ortho intramolecular Hbond substituents is 2. The van der Waals surface area contributed by atoms with Crippen molar-refractivity contribution < 1.29 is 24.1 Å². The number of phenols is 2. The Labute approximate surface area is 215 Å². The van der Waals surface area contributed by atoms with Gasteiger partial charge in [-0.05, 0) is 73.0 Å². The molecule has 0 spiro atoms. The molecule has 2 atom stereocenters. The van der Waals surface area contributed by atoms with E-state index in [4.69, 9.17) is 21.1 Å². The second kappa shape index (κ2) is 10.4. The predicted molar refractivity (Wildman–Crippen MR) is 140 cm³/mol. The van der Waals surface area contributed by atoms with Crippen LogP contribution in [0.15, 0.2) is 60.7 Å². The summed E-state index contributed by atoms with van der Waals surface area (Å²) < 4.78 is 25.2. The van der Waals surface area contributed by atoms with Crippen molar-refractivity contribution in [2.45, 2.75) is 19.4 Å². The molecule has 3 aromatic carbocycles. The number of benzene rings is 3. The molecule has 2 unspecified atom stereocenters. The molecule has 1 saturated heterocycles. The number of ether oxygens (including phenoxy) is 2. The highest BCUT2D eigenvalue weighted by atomic mass is 35.5. The first-order valence-corrected chi connectivity index (χ1v) is 12.5. The summed E-state index contributed by atoms with van der Waals surface area (Å²) in [5, 5.41) is 20.2. The Balaban J connectivity index is 1.38. The molecule has 5 nitrogen and oxygen atoms in total. The fourth-order valence-corrected chi connectivity index (χ4v) is 5.18. The van der Waals surface area contributed by atoms with Gasteiger partial charge in [0.15, 0.2) is 0 Å². The summed E-state index contributed by atoms with van der Waals surface area (Å²) in [7, 11) is 0. The van der Waals surface area contributed by atoms with Crippen LogP contribution in [0.1, 0.15) is 36.1 Å². The van der Waals surface area contributed by atoms with E-state index in [0.29, 0.717) is 12.4 Å². The highest BCUT2D eigenvalue weighted by molar-refractivity contribution is 6.32. The zero-order chi connectivity index (χ0) is 25.2. The maximum Gasteiger partial charge on any atom is 0.150 e. The first kappa shape index (κ1) is 24.5. The van der Waals surface area contributed by atoms with Crippen LogP contribution in [0.5, 0.6) is 23.0 Å². The van der Waals surface area contributed by atoms with Crippen molar-refractivity contribution in [1.82, 2.24) is 4.90 Å². The van der Waals surface area contributed by atoms with Crippen molar-refractivity contribution in [3.8, 4) is 23.0 Å². The van der Waals surface area contributed by atoms with E-state index in [1.807, 2.05) is 43.3 Å². The topological polar surface area (TPSA) is 62.2 Å². The van der Waals surface area contributed by atoms with Crippen LogP contribution in [-0.4, -0.2) is 48.0 Å². The number of rotatable bonds is 7. The minimum Gasteiger partial charge on any atom is -0.508 e. The minimum absolute atomic E-state index is 0.0212. The number of nitrogens with zero attached hydrogens (tertiary/aromatic N) is 1. The van der Waals surface area contributed by atoms with E-state index in [1.165, 1.54) is 0 Å². The van der Waals surface area contributed by atoms with Crippen LogP contribution in [0.4, 0.5) is 4.39 Å². The van der Waals surface area contributed by atoms with Gasteiger partial charge in [0.1, 0.15) is 35.7 Å². The number of alkyl halides is 1. The van der Waals surface area contributed by atoms with Crippen molar-refractivity contribution in [3.63, 3.8) is 0 Å². The normalized spacial score (nSPS) is 19.8. The number of fused-ring (bicyclic) bond motifs is 1. The molecule has 0 saturated carbocycles. The summed E-state index contributed by atoms with van der Waals surface area (Å²) >= 11 is 6.24. The van der Waals surface area contributed by atoms with E-state index < -0.39 is 6.10 Å². The fraction of sp³-hybridized carbons (Fsp3) is 0.310. The Bertz CT molecular complexity index is 1280. The summed E-state index contributed by atoms with van der Waals surface area (Å²) in [5.74, 6) is 1.66. The van der Waals surface area contributed by atoms with Gasteiger partial charge in [0.05, 0.1) is 11.7 Å². The lowest BCUT2D eigenvalue weighted by Crippen LogP contribution is -2.26. The molecular weight excluding hydrogens is 481 g/mol. The molecule has 7 heteroatoms. The molecule has 36 heavy (non-hydrogen) atoms. The Hall–Kier alpha value is -3.22. The van der Waals surface area contributed by atoms with Gasteiger partial charge in [-0.2, -0.15) is 0 Å². The van der Waals surface area contributed by atoms with Crippen LogP contribution >= 0.6 is 11.6 Å². The summed E-state index contributed by atoms with van der Waals surface area (Å²) in [4.78, 5) is 2.24. The first-order chi connectivity index (χ1) is 17.4. The first-order valence-electron chi connectivity index (χ1n) is 12.1. The van der Waals surface area contributed by atoms with E-state index in [1.54, 1.807) is 24.3 Å². The van der Waals surface area contributed by atoms with E-state index in [0.717, 1.165) is 59.6 Å². The predicted octanol–water partition coefficient (Wildman–Crippen LogP) is 6.49. The number of allylic oxidation sites excluding steroid dienone is 1. The standard InChI is InChI=1S/C29H29ClFNO4/c1-18-24-8-5-22(33)15-27(24)36-29(28(18)21-4-9-26(34)25(30)14-21)20-2-6-23(7-3-20)35-13-12-32-11-10-19(16-31)17-32/h2-9,14-15,19,29,33-34H,10-13,16-17H2,1H3. The average molecular weight is 510 g/mol. The Morgan fingerprint density at radius 3 is 2.61 bits per heavy atom. The maximum atomic E-state index is 12.8. The maximum absolute atomic E-state index is 12.8. The monoisotopic (exact) mass is 509 g/mol. The SMILES string of the molecule is CC1=C(c2ccc(O)c(Cl)c2)C(c2ccc(OCCN3CCC(CF)C3)cc2)Oc2cc(O)ccc21. The third kappa shape index (κ3) is 5.01. The number of hydrogen-bond acceptors (Lipinski definition) is 5. The van der Waals surface area contributed by atoms with Gasteiger partial charge in [0.25, 0.3) is 0 Å². The van der Waals surface area contributed by atoms with Crippen molar-refractivity contribution in [2.24, 2.45) is 5.92 Å². The molecule has 2 aliphatic heterocycles. The molecule has 0 aliphatic carbocycles. The fourth-order valence-electron chi connectivity index (χ4n) is 5.00. The van der Waals surface area contributed by atoms with Crippen molar-refractivity contribution in [2.75, 3.05) is 32.9 Å². The molecule has 2 heterocycles. The summed E-state index contributed by atoms with van der Waals surface area (Å²) in [5.41, 5.74) is 4.58. The van der Waals surface area contributed by atoms with Crippen LogP contribution in [0, 0.1) is 5.92 Å². The van der Waals surface area contributed by atoms with Crippen molar-refractivity contribution in [3.05, 3.63) is 82.4 Å². The highest BCUT2D eigenvalue weighted by Crippen LogP contribution is 2.48. The van der Waals surface area contributed by atoms with Gasteiger partial charge in [-0.25, -0.2) is 0 Å². The second-order valence-corrected chi connectivity index (χ2v) is 9.82. The van der Waals surface area contributed by atoms with Crippen LogP contribution < -0.4 is 9.47 Å². The van der Waals surface area contributed by atoms with Gasteiger partial charge in [0.2, 0.25) is 0 Å². The zero-order valence-corrected chi connectivity index (χ0v) is 20.8. The highest BCUT2D eigenvalue weighted by Gasteiger charge is 2.30. The van der Waals surface area contributed by atoms with Crippen LogP contribution in [0.3, 0.4) is 0 Å². The van der Waals surface area contributed by atoms with E-state index in [9.17, 15) is 14.6 Å².